The fourth-order valence-electron chi connectivity index (χ4n) is 1.42. The van der Waals surface area contributed by atoms with Gasteiger partial charge in [0.1, 0.15) is 17.7 Å². The standard InChI is InChI=1S/C10H9ClN6O3/c1-16-5-14-15-8(16)4-13-10(18)7-2-6(17(19)20)3-12-9(7)11/h2-3,5H,4H2,1H3,(H,13,18). The van der Waals surface area contributed by atoms with E-state index in [-0.39, 0.29) is 22.9 Å². The smallest absolute Gasteiger partial charge is 0.288 e. The number of halogens is 1. The number of aryl methyl sites for hydroxylation is 1. The lowest BCUT2D eigenvalue weighted by Crippen LogP contribution is -2.25. The molecular weight excluding hydrogens is 288 g/mol. The third-order valence-electron chi connectivity index (χ3n) is 2.49. The van der Waals surface area contributed by atoms with Crippen molar-refractivity contribution in [1.29, 1.82) is 0 Å². The molecule has 2 rings (SSSR count). The van der Waals surface area contributed by atoms with Crippen molar-refractivity contribution in [2.75, 3.05) is 0 Å². The molecule has 20 heavy (non-hydrogen) atoms. The molecule has 1 amide bonds. The summed E-state index contributed by atoms with van der Waals surface area (Å²) >= 11 is 5.76. The van der Waals surface area contributed by atoms with Gasteiger partial charge in [-0.3, -0.25) is 14.9 Å². The van der Waals surface area contributed by atoms with E-state index in [0.717, 1.165) is 12.3 Å². The zero-order chi connectivity index (χ0) is 14.7. The number of amides is 1. The maximum atomic E-state index is 11.9. The van der Waals surface area contributed by atoms with Crippen LogP contribution in [0.1, 0.15) is 16.2 Å². The van der Waals surface area contributed by atoms with E-state index < -0.39 is 10.8 Å². The average molecular weight is 297 g/mol. The lowest BCUT2D eigenvalue weighted by Gasteiger charge is -2.05. The maximum absolute atomic E-state index is 11.9. The first-order valence-electron chi connectivity index (χ1n) is 5.40. The quantitative estimate of drug-likeness (QED) is 0.504. The second-order valence-electron chi connectivity index (χ2n) is 3.83. The summed E-state index contributed by atoms with van der Waals surface area (Å²) in [4.78, 5) is 25.5. The Morgan fingerprint density at radius 1 is 1.60 bits per heavy atom. The van der Waals surface area contributed by atoms with Crippen molar-refractivity contribution < 1.29 is 9.72 Å². The minimum Gasteiger partial charge on any atom is -0.345 e. The van der Waals surface area contributed by atoms with Crippen LogP contribution in [0.4, 0.5) is 5.69 Å². The normalized spacial score (nSPS) is 10.3. The fraction of sp³-hybridized carbons (Fsp3) is 0.200. The molecule has 2 aromatic rings. The molecule has 0 spiro atoms. The van der Waals surface area contributed by atoms with E-state index in [9.17, 15) is 14.9 Å². The third-order valence-corrected chi connectivity index (χ3v) is 2.79. The molecule has 0 bridgehead atoms. The van der Waals surface area contributed by atoms with Crippen LogP contribution in [-0.2, 0) is 13.6 Å². The molecule has 0 aliphatic heterocycles. The Morgan fingerprint density at radius 2 is 2.35 bits per heavy atom. The zero-order valence-corrected chi connectivity index (χ0v) is 11.0. The van der Waals surface area contributed by atoms with Gasteiger partial charge in [0.05, 0.1) is 17.0 Å². The molecule has 0 radical (unpaired) electrons. The molecule has 9 nitrogen and oxygen atoms in total. The van der Waals surface area contributed by atoms with Gasteiger partial charge in [0.15, 0.2) is 5.82 Å². The number of nitrogens with zero attached hydrogens (tertiary/aromatic N) is 5. The Bertz CT molecular complexity index is 671. The van der Waals surface area contributed by atoms with Crippen LogP contribution in [0.3, 0.4) is 0 Å². The van der Waals surface area contributed by atoms with Gasteiger partial charge in [0.2, 0.25) is 0 Å². The lowest BCUT2D eigenvalue weighted by molar-refractivity contribution is -0.385. The van der Waals surface area contributed by atoms with Crippen molar-refractivity contribution in [2.24, 2.45) is 7.05 Å². The summed E-state index contributed by atoms with van der Waals surface area (Å²) in [6, 6.07) is 1.07. The SMILES string of the molecule is Cn1cnnc1CNC(=O)c1cc([N+](=O)[O-])cnc1Cl. The second kappa shape index (κ2) is 5.61. The maximum Gasteiger partial charge on any atom is 0.288 e. The van der Waals surface area contributed by atoms with Crippen molar-refractivity contribution in [3.63, 3.8) is 0 Å². The monoisotopic (exact) mass is 296 g/mol. The Hall–Kier alpha value is -2.55. The van der Waals surface area contributed by atoms with Gasteiger partial charge >= 0.3 is 0 Å². The molecule has 0 aliphatic rings. The highest BCUT2D eigenvalue weighted by atomic mass is 35.5. The first-order chi connectivity index (χ1) is 9.49. The minimum absolute atomic E-state index is 0.0666. The summed E-state index contributed by atoms with van der Waals surface area (Å²) in [5.74, 6) is -0.0398. The van der Waals surface area contributed by atoms with Gasteiger partial charge in [-0.2, -0.15) is 0 Å². The van der Waals surface area contributed by atoms with E-state index in [2.05, 4.69) is 20.5 Å². The van der Waals surface area contributed by atoms with Crippen LogP contribution in [0.2, 0.25) is 5.15 Å². The molecular formula is C10H9ClN6O3. The van der Waals surface area contributed by atoms with E-state index in [1.165, 1.54) is 6.33 Å². The molecule has 2 heterocycles. The van der Waals surface area contributed by atoms with Crippen LogP contribution in [-0.4, -0.2) is 30.6 Å². The van der Waals surface area contributed by atoms with Gasteiger partial charge in [-0.25, -0.2) is 4.98 Å². The number of hydrogen-bond acceptors (Lipinski definition) is 6. The molecule has 0 saturated heterocycles. The highest BCUT2D eigenvalue weighted by molar-refractivity contribution is 6.32. The Balaban J connectivity index is 2.15. The highest BCUT2D eigenvalue weighted by Gasteiger charge is 2.17. The Kier molecular flexibility index (Phi) is 3.89. The van der Waals surface area contributed by atoms with Crippen molar-refractivity contribution in [1.82, 2.24) is 25.1 Å². The van der Waals surface area contributed by atoms with Crippen LogP contribution in [0.15, 0.2) is 18.6 Å². The number of carbonyl (C=O) groups is 1. The molecule has 0 saturated carbocycles. The number of aromatic nitrogens is 4. The van der Waals surface area contributed by atoms with E-state index in [1.807, 2.05) is 0 Å². The molecule has 0 unspecified atom stereocenters. The van der Waals surface area contributed by atoms with E-state index in [4.69, 9.17) is 11.6 Å². The van der Waals surface area contributed by atoms with Crippen LogP contribution in [0, 0.1) is 10.1 Å². The van der Waals surface area contributed by atoms with Gasteiger partial charge in [-0.05, 0) is 0 Å². The summed E-state index contributed by atoms with van der Waals surface area (Å²) in [6.45, 7) is 0.119. The highest BCUT2D eigenvalue weighted by Crippen LogP contribution is 2.18. The minimum atomic E-state index is -0.650. The van der Waals surface area contributed by atoms with Crippen molar-refractivity contribution in [3.8, 4) is 0 Å². The first kappa shape index (κ1) is 13.9. The molecule has 0 aliphatic carbocycles. The topological polar surface area (TPSA) is 116 Å². The summed E-state index contributed by atoms with van der Waals surface area (Å²) < 4.78 is 1.63. The first-order valence-corrected chi connectivity index (χ1v) is 5.78. The Morgan fingerprint density at radius 3 is 2.95 bits per heavy atom. The molecule has 10 heteroatoms. The predicted octanol–water partition coefficient (Wildman–Crippen LogP) is 0.702. The van der Waals surface area contributed by atoms with Crippen molar-refractivity contribution in [3.05, 3.63) is 45.2 Å². The van der Waals surface area contributed by atoms with E-state index in [0.29, 0.717) is 5.82 Å². The van der Waals surface area contributed by atoms with Crippen LogP contribution >= 0.6 is 11.6 Å². The van der Waals surface area contributed by atoms with Gasteiger partial charge in [-0.15, -0.1) is 10.2 Å². The van der Waals surface area contributed by atoms with Crippen LogP contribution < -0.4 is 5.32 Å². The van der Waals surface area contributed by atoms with E-state index in [1.54, 1.807) is 11.6 Å². The second-order valence-corrected chi connectivity index (χ2v) is 4.19. The van der Waals surface area contributed by atoms with Gasteiger partial charge in [-0.1, -0.05) is 11.6 Å². The predicted molar refractivity (Wildman–Crippen MR) is 68.1 cm³/mol. The number of nitrogens with one attached hydrogen (secondary N) is 1. The summed E-state index contributed by atoms with van der Waals surface area (Å²) in [7, 11) is 1.73. The number of rotatable bonds is 4. The average Bonchev–Trinajstić information content (AvgIpc) is 2.81. The molecule has 0 atom stereocenters. The molecule has 104 valence electrons. The van der Waals surface area contributed by atoms with Crippen LogP contribution in [0.5, 0.6) is 0 Å². The molecule has 1 N–H and O–H groups in total. The number of pyridine rings is 1. The summed E-state index contributed by atoms with van der Waals surface area (Å²) in [6.07, 6.45) is 2.48. The lowest BCUT2D eigenvalue weighted by atomic mass is 10.2. The summed E-state index contributed by atoms with van der Waals surface area (Å²) in [5.41, 5.74) is -0.374. The van der Waals surface area contributed by atoms with E-state index >= 15 is 0 Å². The van der Waals surface area contributed by atoms with Gasteiger partial charge in [0.25, 0.3) is 11.6 Å². The molecule has 2 aromatic heterocycles. The largest absolute Gasteiger partial charge is 0.345 e. The Labute approximate surface area is 117 Å². The van der Waals surface area contributed by atoms with Gasteiger partial charge in [0, 0.05) is 13.1 Å². The molecule has 0 fully saturated rings. The zero-order valence-electron chi connectivity index (χ0n) is 10.3. The van der Waals surface area contributed by atoms with Gasteiger partial charge < -0.3 is 9.88 Å². The van der Waals surface area contributed by atoms with Crippen molar-refractivity contribution in [2.45, 2.75) is 6.54 Å². The third kappa shape index (κ3) is 2.88. The molecule has 0 aromatic carbocycles. The van der Waals surface area contributed by atoms with Crippen LogP contribution in [0.25, 0.3) is 0 Å². The number of carbonyl (C=O) groups excluding carboxylic acids is 1. The van der Waals surface area contributed by atoms with Crippen molar-refractivity contribution >= 4 is 23.2 Å². The fourth-order valence-corrected chi connectivity index (χ4v) is 1.61. The summed E-state index contributed by atoms with van der Waals surface area (Å²) in [5, 5.41) is 20.5. The number of hydrogen-bond donors (Lipinski definition) is 1. The number of nitro groups is 1.